The molecule has 0 saturated carbocycles. The van der Waals surface area contributed by atoms with Crippen LogP contribution in [0.4, 0.5) is 5.69 Å². The molecule has 32 heavy (non-hydrogen) atoms. The Bertz CT molecular complexity index is 1160. The number of carbonyl (C=O) groups excluding carboxylic acids is 3. The average Bonchev–Trinajstić information content (AvgIpc) is 3.16. The van der Waals surface area contributed by atoms with Crippen molar-refractivity contribution in [2.75, 3.05) is 19.0 Å². The van der Waals surface area contributed by atoms with E-state index in [1.54, 1.807) is 25.2 Å². The van der Waals surface area contributed by atoms with Crippen LogP contribution in [0.3, 0.4) is 0 Å². The van der Waals surface area contributed by atoms with E-state index in [9.17, 15) is 24.6 Å². The van der Waals surface area contributed by atoms with E-state index >= 15 is 0 Å². The van der Waals surface area contributed by atoms with Gasteiger partial charge in [0, 0.05) is 37.2 Å². The molecule has 2 atom stereocenters. The van der Waals surface area contributed by atoms with E-state index in [1.807, 2.05) is 24.3 Å². The first kappa shape index (κ1) is 21.3. The maximum atomic E-state index is 12.9. The number of carboxylic acids is 1. The van der Waals surface area contributed by atoms with Gasteiger partial charge >= 0.3 is 0 Å². The number of carbonyl (C=O) groups is 3. The fourth-order valence-corrected chi connectivity index (χ4v) is 3.74. The Morgan fingerprint density at radius 2 is 2.09 bits per heavy atom. The number of aromatic amines is 1. The first-order valence-corrected chi connectivity index (χ1v) is 10.1. The van der Waals surface area contributed by atoms with Gasteiger partial charge in [-0.25, -0.2) is 4.98 Å². The molecule has 0 aliphatic carbocycles. The Morgan fingerprint density at radius 1 is 1.31 bits per heavy atom. The van der Waals surface area contributed by atoms with Crippen LogP contribution in [0.1, 0.15) is 34.2 Å². The minimum atomic E-state index is -1.33. The molecule has 0 spiro atoms. The van der Waals surface area contributed by atoms with Crippen molar-refractivity contribution in [2.45, 2.75) is 25.0 Å². The predicted octanol–water partition coefficient (Wildman–Crippen LogP) is -0.0812. The molecule has 0 fully saturated rings. The summed E-state index contributed by atoms with van der Waals surface area (Å²) in [5.41, 5.74) is 3.09. The first-order valence-electron chi connectivity index (χ1n) is 10.1. The Hall–Kier alpha value is -3.92. The van der Waals surface area contributed by atoms with Crippen LogP contribution >= 0.6 is 0 Å². The largest absolute Gasteiger partial charge is 0.550 e. The minimum Gasteiger partial charge on any atom is -0.550 e. The lowest BCUT2D eigenvalue weighted by Crippen LogP contribution is -2.42. The van der Waals surface area contributed by atoms with Gasteiger partial charge in [0.2, 0.25) is 5.91 Å². The van der Waals surface area contributed by atoms with Crippen molar-refractivity contribution in [3.8, 4) is 0 Å². The lowest BCUT2D eigenvalue weighted by molar-refractivity contribution is -0.305. The summed E-state index contributed by atoms with van der Waals surface area (Å²) >= 11 is 0. The molecule has 2 amide bonds. The number of hydrogen-bond acceptors (Lipinski definition) is 7. The smallest absolute Gasteiger partial charge is 0.251 e. The lowest BCUT2D eigenvalue weighted by Gasteiger charge is -2.20. The molecule has 1 aromatic heterocycles. The summed E-state index contributed by atoms with van der Waals surface area (Å²) < 4.78 is 0. The fraction of sp³-hybridized carbons (Fsp3) is 0.273. The summed E-state index contributed by atoms with van der Waals surface area (Å²) in [6, 6.07) is 10.6. The maximum Gasteiger partial charge on any atom is 0.251 e. The van der Waals surface area contributed by atoms with Crippen molar-refractivity contribution in [1.82, 2.24) is 20.2 Å². The number of anilines is 1. The number of carboxylic acid groups (broad SMARTS) is 1. The van der Waals surface area contributed by atoms with Crippen LogP contribution in [0.2, 0.25) is 0 Å². The molecule has 0 radical (unpaired) electrons. The number of hydrogen-bond donors (Lipinski definition) is 4. The van der Waals surface area contributed by atoms with Crippen LogP contribution in [0, 0.1) is 0 Å². The van der Waals surface area contributed by atoms with Gasteiger partial charge in [0.05, 0.1) is 17.6 Å². The van der Waals surface area contributed by atoms with Gasteiger partial charge in [0.15, 0.2) is 0 Å². The van der Waals surface area contributed by atoms with Gasteiger partial charge < -0.3 is 35.5 Å². The zero-order chi connectivity index (χ0) is 22.8. The molecular formula is C22H22N5O5-. The van der Waals surface area contributed by atoms with E-state index < -0.39 is 30.4 Å². The fourth-order valence-electron chi connectivity index (χ4n) is 3.74. The van der Waals surface area contributed by atoms with Crippen molar-refractivity contribution < 1.29 is 24.6 Å². The highest BCUT2D eigenvalue weighted by atomic mass is 16.4. The Balaban J connectivity index is 1.55. The molecule has 4 N–H and O–H groups in total. The second kappa shape index (κ2) is 8.67. The molecule has 10 nitrogen and oxygen atoms in total. The van der Waals surface area contributed by atoms with Crippen LogP contribution in [0.15, 0.2) is 42.5 Å². The van der Waals surface area contributed by atoms with E-state index in [1.165, 1.54) is 4.90 Å². The summed E-state index contributed by atoms with van der Waals surface area (Å²) in [6.45, 7) is -0.140. The number of para-hydroxylation sites is 2. The number of nitrogens with zero attached hydrogens (tertiary/aromatic N) is 2. The molecule has 10 heteroatoms. The maximum absolute atomic E-state index is 12.9. The van der Waals surface area contributed by atoms with Crippen LogP contribution in [-0.4, -0.2) is 57.5 Å². The van der Waals surface area contributed by atoms with Gasteiger partial charge in [0.1, 0.15) is 17.9 Å². The highest BCUT2D eigenvalue weighted by Gasteiger charge is 2.28. The highest BCUT2D eigenvalue weighted by Crippen LogP contribution is 2.25. The zero-order valence-corrected chi connectivity index (χ0v) is 17.3. The number of fused-ring (bicyclic) bond motifs is 2. The average molecular weight is 436 g/mol. The second-order valence-corrected chi connectivity index (χ2v) is 7.69. The normalized spacial score (nSPS) is 16.8. The molecule has 4 rings (SSSR count). The third-order valence-corrected chi connectivity index (χ3v) is 5.38. The van der Waals surface area contributed by atoms with Gasteiger partial charge in [-0.05, 0) is 35.9 Å². The number of benzene rings is 2. The zero-order valence-electron chi connectivity index (χ0n) is 17.3. The molecule has 0 bridgehead atoms. The number of aliphatic hydroxyl groups excluding tert-OH is 1. The van der Waals surface area contributed by atoms with Gasteiger partial charge in [-0.15, -0.1) is 0 Å². The molecule has 2 aromatic carbocycles. The van der Waals surface area contributed by atoms with Gasteiger partial charge in [0.25, 0.3) is 5.91 Å². The van der Waals surface area contributed by atoms with Crippen LogP contribution in [0.25, 0.3) is 11.0 Å². The summed E-state index contributed by atoms with van der Waals surface area (Å²) in [6.07, 6.45) is -0.458. The number of aromatic nitrogens is 2. The molecule has 2 heterocycles. The molecule has 1 aliphatic rings. The predicted molar refractivity (Wildman–Crippen MR) is 113 cm³/mol. The topological polar surface area (TPSA) is 150 Å². The molecular weight excluding hydrogens is 414 g/mol. The summed E-state index contributed by atoms with van der Waals surface area (Å²) in [4.78, 5) is 45.2. The number of aliphatic hydroxyl groups is 1. The standard InChI is InChI=1S/C22H23N5O5/c1-27-10-13-8-12(6-7-14(13)23-17(22(27)32)9-19(29)30)21(31)26-18(11-28)20-24-15-4-2-3-5-16(15)25-20/h2-8,17-18,23,28H,9-11H2,1H3,(H,24,25)(H,26,31)(H,29,30)/p-1. The van der Waals surface area contributed by atoms with Crippen LogP contribution in [0.5, 0.6) is 0 Å². The summed E-state index contributed by atoms with van der Waals surface area (Å²) in [5.74, 6) is -1.68. The van der Waals surface area contributed by atoms with E-state index in [0.29, 0.717) is 22.6 Å². The van der Waals surface area contributed by atoms with Crippen LogP contribution in [-0.2, 0) is 16.1 Å². The van der Waals surface area contributed by atoms with Gasteiger partial charge in [-0.1, -0.05) is 12.1 Å². The monoisotopic (exact) mass is 436 g/mol. The lowest BCUT2D eigenvalue weighted by atomic mass is 10.1. The number of nitrogens with one attached hydrogen (secondary N) is 3. The molecule has 2 unspecified atom stereocenters. The van der Waals surface area contributed by atoms with Crippen molar-refractivity contribution in [3.63, 3.8) is 0 Å². The third-order valence-electron chi connectivity index (χ3n) is 5.38. The van der Waals surface area contributed by atoms with Gasteiger partial charge in [-0.2, -0.15) is 0 Å². The Labute approximate surface area is 183 Å². The number of imidazole rings is 1. The van der Waals surface area contributed by atoms with E-state index in [-0.39, 0.29) is 19.1 Å². The van der Waals surface area contributed by atoms with Crippen LogP contribution < -0.4 is 15.7 Å². The molecule has 166 valence electrons. The third kappa shape index (κ3) is 4.26. The highest BCUT2D eigenvalue weighted by molar-refractivity contribution is 5.96. The summed E-state index contributed by atoms with van der Waals surface area (Å²) in [7, 11) is 1.57. The number of rotatable bonds is 6. The Kier molecular flexibility index (Phi) is 5.78. The number of likely N-dealkylation sites (N-methyl/N-ethyl adjacent to an activating group) is 1. The van der Waals surface area contributed by atoms with E-state index in [2.05, 4.69) is 20.6 Å². The quantitative estimate of drug-likeness (QED) is 0.422. The van der Waals surface area contributed by atoms with Crippen molar-refractivity contribution in [2.24, 2.45) is 0 Å². The van der Waals surface area contributed by atoms with E-state index in [4.69, 9.17) is 0 Å². The second-order valence-electron chi connectivity index (χ2n) is 7.69. The minimum absolute atomic E-state index is 0.207. The summed E-state index contributed by atoms with van der Waals surface area (Å²) in [5, 5.41) is 26.5. The van der Waals surface area contributed by atoms with Crippen molar-refractivity contribution >= 4 is 34.5 Å². The van der Waals surface area contributed by atoms with Crippen molar-refractivity contribution in [3.05, 3.63) is 59.4 Å². The molecule has 0 saturated heterocycles. The molecule has 1 aliphatic heterocycles. The SMILES string of the molecule is CN1Cc2cc(C(=O)NC(CO)c3nc4ccccc4[nH]3)ccc2NC(CC(=O)[O-])C1=O. The number of amides is 2. The molecule has 3 aromatic rings. The first-order chi connectivity index (χ1) is 15.4. The number of aliphatic carboxylic acids is 1. The van der Waals surface area contributed by atoms with E-state index in [0.717, 1.165) is 11.0 Å². The van der Waals surface area contributed by atoms with Crippen molar-refractivity contribution in [1.29, 1.82) is 0 Å². The van der Waals surface area contributed by atoms with Gasteiger partial charge in [-0.3, -0.25) is 9.59 Å². The Morgan fingerprint density at radius 3 is 2.81 bits per heavy atom. The number of H-pyrrole nitrogens is 1.